The first-order valence-electron chi connectivity index (χ1n) is 4.41. The number of rotatable bonds is 4. The van der Waals surface area contributed by atoms with Gasteiger partial charge in [0.25, 0.3) is 0 Å². The molecule has 1 atom stereocenters. The predicted octanol–water partition coefficient (Wildman–Crippen LogP) is 1.44. The number of hydrogen-bond donors (Lipinski definition) is 1. The number of hydrogen-bond acceptors (Lipinski definition) is 2. The van der Waals surface area contributed by atoms with Crippen molar-refractivity contribution in [3.8, 4) is 0 Å². The summed E-state index contributed by atoms with van der Waals surface area (Å²) in [6, 6.07) is 1.03. The fourth-order valence-electron chi connectivity index (χ4n) is 1.04. The third-order valence-electron chi connectivity index (χ3n) is 1.86. The summed E-state index contributed by atoms with van der Waals surface area (Å²) in [7, 11) is 0. The molecule has 0 aliphatic rings. The maximum Gasteiger partial charge on any atom is 0.0948 e. The summed E-state index contributed by atoms with van der Waals surface area (Å²) in [5.41, 5.74) is 0. The maximum absolute atomic E-state index is 4.01. The van der Waals surface area contributed by atoms with Crippen LogP contribution in [0.25, 0.3) is 0 Å². The van der Waals surface area contributed by atoms with Crippen LogP contribution in [-0.4, -0.2) is 22.1 Å². The van der Waals surface area contributed by atoms with Crippen molar-refractivity contribution in [2.75, 3.05) is 6.54 Å². The Balaban J connectivity index is 2.34. The molecule has 0 fully saturated rings. The third kappa shape index (κ3) is 2.66. The van der Waals surface area contributed by atoms with E-state index in [4.69, 9.17) is 0 Å². The molecule has 68 valence electrons. The predicted molar refractivity (Wildman–Crippen MR) is 50.1 cm³/mol. The van der Waals surface area contributed by atoms with Crippen LogP contribution >= 0.6 is 0 Å². The van der Waals surface area contributed by atoms with Crippen LogP contribution in [0.3, 0.4) is 0 Å². The van der Waals surface area contributed by atoms with E-state index >= 15 is 0 Å². The quantitative estimate of drug-likeness (QED) is 0.735. The molecule has 3 heteroatoms. The van der Waals surface area contributed by atoms with Gasteiger partial charge in [-0.3, -0.25) is 0 Å². The number of nitrogens with one attached hydrogen (secondary N) is 1. The lowest BCUT2D eigenvalue weighted by Crippen LogP contribution is -2.28. The minimum atomic E-state index is 0.481. The van der Waals surface area contributed by atoms with Gasteiger partial charge in [-0.25, -0.2) is 4.98 Å². The fraction of sp³-hybridized carbons (Fsp3) is 0.667. The van der Waals surface area contributed by atoms with Crippen LogP contribution in [0.15, 0.2) is 18.7 Å². The van der Waals surface area contributed by atoms with E-state index in [1.807, 2.05) is 18.7 Å². The van der Waals surface area contributed by atoms with Crippen LogP contribution in [0.2, 0.25) is 0 Å². The lowest BCUT2D eigenvalue weighted by atomic mass is 10.3. The van der Waals surface area contributed by atoms with Gasteiger partial charge in [0.2, 0.25) is 0 Å². The summed E-state index contributed by atoms with van der Waals surface area (Å²) in [5.74, 6) is 0. The molecule has 3 nitrogen and oxygen atoms in total. The Hall–Kier alpha value is -0.830. The van der Waals surface area contributed by atoms with Gasteiger partial charge in [0, 0.05) is 31.0 Å². The van der Waals surface area contributed by atoms with Gasteiger partial charge < -0.3 is 9.88 Å². The molecule has 0 amide bonds. The minimum Gasteiger partial charge on any atom is -0.333 e. The highest BCUT2D eigenvalue weighted by Crippen LogP contribution is 2.02. The van der Waals surface area contributed by atoms with Crippen molar-refractivity contribution in [3.63, 3.8) is 0 Å². The first-order valence-corrected chi connectivity index (χ1v) is 4.41. The Morgan fingerprint density at radius 1 is 1.42 bits per heavy atom. The summed E-state index contributed by atoms with van der Waals surface area (Å²) in [6.07, 6.45) is 5.66. The standard InChI is InChI=1S/C9H17N3/c1-8(2)11-6-9(3)12-5-4-10-7-12/h4-5,7-9,11H,6H2,1-3H3. The zero-order valence-corrected chi connectivity index (χ0v) is 7.99. The molecule has 1 aromatic rings. The van der Waals surface area contributed by atoms with E-state index in [1.54, 1.807) is 0 Å². The highest BCUT2D eigenvalue weighted by Gasteiger charge is 2.02. The van der Waals surface area contributed by atoms with E-state index < -0.39 is 0 Å². The lowest BCUT2D eigenvalue weighted by molar-refractivity contribution is 0.464. The topological polar surface area (TPSA) is 29.9 Å². The molecule has 0 saturated carbocycles. The molecule has 1 rings (SSSR count). The Bertz CT molecular complexity index is 204. The summed E-state index contributed by atoms with van der Waals surface area (Å²) >= 11 is 0. The second-order valence-corrected chi connectivity index (χ2v) is 3.42. The SMILES string of the molecule is CC(C)NCC(C)n1ccnc1. The molecule has 0 aromatic carbocycles. The lowest BCUT2D eigenvalue weighted by Gasteiger charge is -2.15. The average Bonchev–Trinajstić information content (AvgIpc) is 2.51. The largest absolute Gasteiger partial charge is 0.333 e. The molecule has 0 radical (unpaired) electrons. The molecule has 1 N–H and O–H groups in total. The molecule has 1 unspecified atom stereocenters. The zero-order chi connectivity index (χ0) is 8.97. The number of imidazole rings is 1. The molecular formula is C9H17N3. The Morgan fingerprint density at radius 3 is 2.67 bits per heavy atom. The van der Waals surface area contributed by atoms with E-state index in [0.717, 1.165) is 6.54 Å². The Morgan fingerprint density at radius 2 is 2.17 bits per heavy atom. The first-order chi connectivity index (χ1) is 5.70. The first kappa shape index (κ1) is 9.26. The van der Waals surface area contributed by atoms with Crippen molar-refractivity contribution < 1.29 is 0 Å². The van der Waals surface area contributed by atoms with Crippen LogP contribution in [0.5, 0.6) is 0 Å². The van der Waals surface area contributed by atoms with Crippen molar-refractivity contribution in [1.29, 1.82) is 0 Å². The third-order valence-corrected chi connectivity index (χ3v) is 1.86. The van der Waals surface area contributed by atoms with Crippen LogP contribution in [0.1, 0.15) is 26.8 Å². The van der Waals surface area contributed by atoms with Crippen LogP contribution in [0, 0.1) is 0 Å². The smallest absolute Gasteiger partial charge is 0.0948 e. The molecular weight excluding hydrogens is 150 g/mol. The van der Waals surface area contributed by atoms with Crippen molar-refractivity contribution in [2.24, 2.45) is 0 Å². The summed E-state index contributed by atoms with van der Waals surface area (Å²) in [5, 5.41) is 3.38. The van der Waals surface area contributed by atoms with Gasteiger partial charge in [-0.15, -0.1) is 0 Å². The van der Waals surface area contributed by atoms with Gasteiger partial charge >= 0.3 is 0 Å². The van der Waals surface area contributed by atoms with Crippen LogP contribution < -0.4 is 5.32 Å². The van der Waals surface area contributed by atoms with Crippen LogP contribution in [0.4, 0.5) is 0 Å². The Labute approximate surface area is 73.8 Å². The summed E-state index contributed by atoms with van der Waals surface area (Å²) in [4.78, 5) is 4.01. The molecule has 0 spiro atoms. The molecule has 0 aliphatic carbocycles. The fourth-order valence-corrected chi connectivity index (χ4v) is 1.04. The van der Waals surface area contributed by atoms with Gasteiger partial charge in [-0.05, 0) is 6.92 Å². The van der Waals surface area contributed by atoms with E-state index in [1.165, 1.54) is 0 Å². The van der Waals surface area contributed by atoms with Crippen molar-refractivity contribution in [2.45, 2.75) is 32.9 Å². The second kappa shape index (κ2) is 4.26. The highest BCUT2D eigenvalue weighted by molar-refractivity contribution is 4.79. The van der Waals surface area contributed by atoms with E-state index in [2.05, 4.69) is 35.6 Å². The van der Waals surface area contributed by atoms with Crippen molar-refractivity contribution in [1.82, 2.24) is 14.9 Å². The molecule has 12 heavy (non-hydrogen) atoms. The van der Waals surface area contributed by atoms with E-state index in [-0.39, 0.29) is 0 Å². The second-order valence-electron chi connectivity index (χ2n) is 3.42. The maximum atomic E-state index is 4.01. The van der Waals surface area contributed by atoms with Crippen molar-refractivity contribution >= 4 is 0 Å². The monoisotopic (exact) mass is 167 g/mol. The average molecular weight is 167 g/mol. The number of nitrogens with zero attached hydrogens (tertiary/aromatic N) is 2. The van der Waals surface area contributed by atoms with Gasteiger partial charge in [0.05, 0.1) is 6.33 Å². The minimum absolute atomic E-state index is 0.481. The molecule has 1 heterocycles. The highest BCUT2D eigenvalue weighted by atomic mass is 15.1. The van der Waals surface area contributed by atoms with Gasteiger partial charge in [0.1, 0.15) is 0 Å². The van der Waals surface area contributed by atoms with Crippen molar-refractivity contribution in [3.05, 3.63) is 18.7 Å². The summed E-state index contributed by atoms with van der Waals surface area (Å²) < 4.78 is 2.11. The molecule has 1 aromatic heterocycles. The van der Waals surface area contributed by atoms with Gasteiger partial charge in [-0.2, -0.15) is 0 Å². The molecule has 0 bridgehead atoms. The number of aromatic nitrogens is 2. The van der Waals surface area contributed by atoms with Gasteiger partial charge in [0.15, 0.2) is 0 Å². The van der Waals surface area contributed by atoms with E-state index in [9.17, 15) is 0 Å². The summed E-state index contributed by atoms with van der Waals surface area (Å²) in [6.45, 7) is 7.48. The Kier molecular flexibility index (Phi) is 3.29. The van der Waals surface area contributed by atoms with Gasteiger partial charge in [-0.1, -0.05) is 13.8 Å². The zero-order valence-electron chi connectivity index (χ0n) is 7.99. The van der Waals surface area contributed by atoms with E-state index in [0.29, 0.717) is 12.1 Å². The van der Waals surface area contributed by atoms with Crippen LogP contribution in [-0.2, 0) is 0 Å². The molecule has 0 saturated heterocycles. The molecule has 0 aliphatic heterocycles. The normalized spacial score (nSPS) is 13.7.